The van der Waals surface area contributed by atoms with Gasteiger partial charge in [0.15, 0.2) is 11.5 Å². The predicted octanol–water partition coefficient (Wildman–Crippen LogP) is 27.9. The highest BCUT2D eigenvalue weighted by atomic mass is 16.5. The highest BCUT2D eigenvalue weighted by molar-refractivity contribution is 5.80. The minimum atomic E-state index is -0.212. The van der Waals surface area contributed by atoms with Crippen molar-refractivity contribution in [3.63, 3.8) is 0 Å². The first-order valence-corrected chi connectivity index (χ1v) is 48.3. The highest BCUT2D eigenvalue weighted by Crippen LogP contribution is 2.37. The minimum Gasteiger partial charge on any atom is -0.491 e. The van der Waals surface area contributed by atoms with E-state index in [4.69, 9.17) is 18.9 Å². The topological polar surface area (TPSA) is 71.1 Å². The normalized spacial score (nSPS) is 10.2. The summed E-state index contributed by atoms with van der Waals surface area (Å²) in [6.45, 7) is 22.4. The molecule has 0 heterocycles. The Bertz CT molecular complexity index is 6040. The number of benzene rings is 12. The number of hydrogen-bond donors (Lipinski definition) is 0. The van der Waals surface area contributed by atoms with Gasteiger partial charge >= 0.3 is 11.9 Å². The van der Waals surface area contributed by atoms with Gasteiger partial charge in [0.1, 0.15) is 0 Å². The van der Waals surface area contributed by atoms with Crippen LogP contribution in [0.25, 0.3) is 0 Å². The number of esters is 2. The van der Waals surface area contributed by atoms with Crippen LogP contribution in [-0.4, -0.2) is 38.4 Å². The molecule has 678 valence electrons. The van der Waals surface area contributed by atoms with E-state index in [-0.39, 0.29) is 11.9 Å². The fourth-order valence-electron chi connectivity index (χ4n) is 15.0. The molecule has 12 aromatic rings. The van der Waals surface area contributed by atoms with E-state index in [1.165, 1.54) is 0 Å². The molecule has 6 nitrogen and oxygen atoms in total. The third kappa shape index (κ3) is 33.5. The molecule has 0 unspecified atom stereocenters. The van der Waals surface area contributed by atoms with Gasteiger partial charge in [-0.2, -0.15) is 0 Å². The molecule has 0 amide bonds. The van der Waals surface area contributed by atoms with Crippen molar-refractivity contribution in [2.45, 2.75) is 210 Å². The predicted molar refractivity (Wildman–Crippen MR) is 559 cm³/mol. The molecule has 0 fully saturated rings. The average molecular weight is 1780 g/mol. The van der Waals surface area contributed by atoms with Crippen molar-refractivity contribution in [2.24, 2.45) is 0 Å². The second kappa shape index (κ2) is 54.1. The lowest BCUT2D eigenvalue weighted by Gasteiger charge is -2.17. The summed E-state index contributed by atoms with van der Waals surface area (Å²) in [7, 11) is 0. The Labute approximate surface area is 811 Å². The zero-order valence-electron chi connectivity index (χ0n) is 80.9. The Hall–Kier alpha value is -15.2. The number of aryl methyl sites for hydroxylation is 10. The summed E-state index contributed by atoms with van der Waals surface area (Å²) in [6.07, 6.45) is 20.0. The summed E-state index contributed by atoms with van der Waals surface area (Å²) in [6, 6.07) is 82.3. The van der Waals surface area contributed by atoms with E-state index < -0.39 is 0 Å². The fraction of sp³-hybridized carbons (Fsp3) is 0.277. The van der Waals surface area contributed by atoms with E-state index >= 15 is 0 Å². The van der Waals surface area contributed by atoms with Crippen LogP contribution in [0.3, 0.4) is 0 Å². The SMILES string of the molecule is Cc1ccc(C#Cc2c(C#Cc3ccc(C)cc3)c(C#Cc3ccc(C)cc3)c(OCCCCCCCCCCCOC(=O)CCCCC(=O)OCCCCCCCCCCCOc3c(C#Cc4ccc(C)cc4)c(C#Cc4ccc(C)cc4)c(C#Cc4ccc(C)cc4)c(C#Cc4ccc(C)cc4)c3C#Cc3ccc(C)cc3)c(C#Cc3ccc(C)cc3)c2C#Cc2ccc(C)cc2)cc1. The molecule has 0 aliphatic heterocycles. The van der Waals surface area contributed by atoms with E-state index in [1.54, 1.807) is 0 Å². The standard InChI is InChI=1S/C130H122O6/c1-97-33-53-107(54-34-97)73-83-117-119(85-75-109-57-37-99(3)38-58-109)123(89-79-113-65-45-103(7)46-66-113)129(124(90-80-114-67-47-104(8)48-68-114)120(117)86-76-110-59-39-100(4)40-60-110)135-95-29-23-19-15-11-13-17-21-27-93-133-127(131)31-25-26-32-128(132)134-94-28-22-18-14-12-16-20-24-30-96-136-130-125(91-81-115-69-49-105(9)50-70-115)121(87-77-111-61-41-101(5)42-62-111)118(84-74-108-55-35-98(2)36-56-108)122(88-78-112-63-43-102(6)44-64-112)126(130)92-82-116-71-51-106(10)52-72-116/h33-72H,11-32,93-96H2,1-10H3. The van der Waals surface area contributed by atoms with Crippen molar-refractivity contribution in [1.82, 2.24) is 0 Å². The molecule has 0 saturated carbocycles. The fourth-order valence-corrected chi connectivity index (χ4v) is 15.0. The zero-order valence-corrected chi connectivity index (χ0v) is 80.9. The molecule has 12 rings (SSSR count). The van der Waals surface area contributed by atoms with Gasteiger partial charge < -0.3 is 18.9 Å². The second-order valence-corrected chi connectivity index (χ2v) is 35.3. The number of ether oxygens (including phenoxy) is 4. The third-order valence-electron chi connectivity index (χ3n) is 23.4. The van der Waals surface area contributed by atoms with Crippen LogP contribution >= 0.6 is 0 Å². The van der Waals surface area contributed by atoms with E-state index in [0.717, 1.165) is 227 Å². The summed E-state index contributed by atoms with van der Waals surface area (Å²) >= 11 is 0. The number of rotatable bonds is 31. The average Bonchev–Trinajstić information content (AvgIpc) is 0.765. The lowest BCUT2D eigenvalue weighted by molar-refractivity contribution is -0.146. The van der Waals surface area contributed by atoms with Crippen LogP contribution in [-0.2, 0) is 19.1 Å². The van der Waals surface area contributed by atoms with Crippen molar-refractivity contribution in [3.8, 4) is 130 Å². The van der Waals surface area contributed by atoms with Gasteiger partial charge in [0.05, 0.1) is 82.1 Å². The number of carbonyl (C=O) groups is 2. The summed E-state index contributed by atoms with van der Waals surface area (Å²) in [5, 5.41) is 0. The quantitative estimate of drug-likeness (QED) is 0.0245. The first-order chi connectivity index (χ1) is 66.4. The summed E-state index contributed by atoms with van der Waals surface area (Å²) < 4.78 is 25.5. The van der Waals surface area contributed by atoms with E-state index in [9.17, 15) is 9.59 Å². The molecule has 0 atom stereocenters. The van der Waals surface area contributed by atoms with Gasteiger partial charge in [-0.15, -0.1) is 0 Å². The van der Waals surface area contributed by atoms with E-state index in [0.29, 0.717) is 119 Å². The van der Waals surface area contributed by atoms with Crippen LogP contribution in [0.5, 0.6) is 11.5 Å². The van der Waals surface area contributed by atoms with Crippen LogP contribution in [0, 0.1) is 188 Å². The van der Waals surface area contributed by atoms with Gasteiger partial charge in [-0.3, -0.25) is 9.59 Å². The molecule has 0 aromatic heterocycles. The number of hydrogen-bond acceptors (Lipinski definition) is 6. The summed E-state index contributed by atoms with van der Waals surface area (Å²) in [4.78, 5) is 25.5. The zero-order chi connectivity index (χ0) is 95.3. The van der Waals surface area contributed by atoms with Gasteiger partial charge in [-0.1, -0.05) is 385 Å². The number of unbranched alkanes of at least 4 members (excludes halogenated alkanes) is 17. The van der Waals surface area contributed by atoms with Crippen molar-refractivity contribution in [2.75, 3.05) is 26.4 Å². The Morgan fingerprint density at radius 2 is 0.294 bits per heavy atom. The first-order valence-electron chi connectivity index (χ1n) is 48.3. The van der Waals surface area contributed by atoms with Crippen LogP contribution in [0.2, 0.25) is 0 Å². The molecular formula is C130H122O6. The largest absolute Gasteiger partial charge is 0.491 e. The lowest BCUT2D eigenvalue weighted by Crippen LogP contribution is -2.08. The van der Waals surface area contributed by atoms with Gasteiger partial charge in [-0.05, 0) is 229 Å². The lowest BCUT2D eigenvalue weighted by atomic mass is 9.89. The molecule has 6 heteroatoms. The molecule has 136 heavy (non-hydrogen) atoms. The molecule has 0 aliphatic rings. The maximum atomic E-state index is 12.7. The molecule has 0 saturated heterocycles. The molecular weight excluding hydrogens is 1660 g/mol. The van der Waals surface area contributed by atoms with Gasteiger partial charge in [0, 0.05) is 68.5 Å². The highest BCUT2D eigenvalue weighted by Gasteiger charge is 2.25. The van der Waals surface area contributed by atoms with Crippen LogP contribution < -0.4 is 9.47 Å². The Morgan fingerprint density at radius 1 is 0.162 bits per heavy atom. The molecule has 0 spiro atoms. The van der Waals surface area contributed by atoms with E-state index in [2.05, 4.69) is 309 Å². The van der Waals surface area contributed by atoms with Gasteiger partial charge in [-0.25, -0.2) is 0 Å². The van der Waals surface area contributed by atoms with Crippen LogP contribution in [0.15, 0.2) is 243 Å². The van der Waals surface area contributed by atoms with Crippen LogP contribution in [0.1, 0.15) is 308 Å². The van der Waals surface area contributed by atoms with Crippen molar-refractivity contribution in [1.29, 1.82) is 0 Å². The molecule has 0 aliphatic carbocycles. The molecule has 0 radical (unpaired) electrons. The Kier molecular flexibility index (Phi) is 39.7. The van der Waals surface area contributed by atoms with Crippen molar-refractivity contribution >= 4 is 11.9 Å². The Balaban J connectivity index is 0.581. The van der Waals surface area contributed by atoms with Crippen molar-refractivity contribution < 1.29 is 28.5 Å². The van der Waals surface area contributed by atoms with Gasteiger partial charge in [0.2, 0.25) is 0 Å². The minimum absolute atomic E-state index is 0.212. The van der Waals surface area contributed by atoms with E-state index in [1.807, 2.05) is 121 Å². The Morgan fingerprint density at radius 3 is 0.456 bits per heavy atom. The van der Waals surface area contributed by atoms with Crippen LogP contribution in [0.4, 0.5) is 0 Å². The first kappa shape index (κ1) is 99.8. The summed E-state index contributed by atoms with van der Waals surface area (Å²) in [5.41, 5.74) is 26.3. The monoisotopic (exact) mass is 1780 g/mol. The van der Waals surface area contributed by atoms with Gasteiger partial charge in [0.25, 0.3) is 0 Å². The summed E-state index contributed by atoms with van der Waals surface area (Å²) in [5.74, 6) is 71.7. The third-order valence-corrected chi connectivity index (χ3v) is 23.4. The molecule has 0 N–H and O–H groups in total. The second-order valence-electron chi connectivity index (χ2n) is 35.3. The molecule has 12 aromatic carbocycles. The number of carbonyl (C=O) groups excluding carboxylic acids is 2. The van der Waals surface area contributed by atoms with Crippen molar-refractivity contribution in [3.05, 3.63) is 410 Å². The maximum Gasteiger partial charge on any atom is 0.305 e. The molecule has 0 bridgehead atoms. The smallest absolute Gasteiger partial charge is 0.305 e. The maximum absolute atomic E-state index is 12.7.